The Balaban J connectivity index is 2.16. The summed E-state index contributed by atoms with van der Waals surface area (Å²) in [5.41, 5.74) is 6.55. The van der Waals surface area contributed by atoms with Gasteiger partial charge in [0, 0.05) is 31.0 Å². The molecule has 1 aromatic heterocycles. The van der Waals surface area contributed by atoms with Gasteiger partial charge in [0.25, 0.3) is 0 Å². The van der Waals surface area contributed by atoms with Crippen LogP contribution in [0.2, 0.25) is 0 Å². The van der Waals surface area contributed by atoms with Crippen molar-refractivity contribution in [3.63, 3.8) is 0 Å². The molecular formula is C14H25N3O2S. The maximum absolute atomic E-state index is 12.4. The van der Waals surface area contributed by atoms with Crippen LogP contribution in [0.5, 0.6) is 0 Å². The molecule has 3 N–H and O–H groups in total. The Hall–Kier alpha value is -0.850. The minimum Gasteiger partial charge on any atom is -0.349 e. The van der Waals surface area contributed by atoms with Crippen molar-refractivity contribution in [1.29, 1.82) is 0 Å². The lowest BCUT2D eigenvalue weighted by Gasteiger charge is -2.11. The fourth-order valence-electron chi connectivity index (χ4n) is 2.89. The normalized spacial score (nSPS) is 23.4. The zero-order chi connectivity index (χ0) is 14.8. The van der Waals surface area contributed by atoms with Gasteiger partial charge in [0.2, 0.25) is 10.0 Å². The largest absolute Gasteiger partial charge is 0.349 e. The van der Waals surface area contributed by atoms with Crippen molar-refractivity contribution < 1.29 is 8.42 Å². The SMILES string of the molecule is CCCn1cc(S(=O)(=O)NC2CCC(C)C2)cc1CN. The van der Waals surface area contributed by atoms with E-state index >= 15 is 0 Å². The number of rotatable bonds is 6. The Morgan fingerprint density at radius 1 is 1.45 bits per heavy atom. The Bertz CT molecular complexity index is 551. The van der Waals surface area contributed by atoms with Crippen molar-refractivity contribution in [1.82, 2.24) is 9.29 Å². The van der Waals surface area contributed by atoms with E-state index in [1.165, 1.54) is 0 Å². The third kappa shape index (κ3) is 3.42. The number of hydrogen-bond acceptors (Lipinski definition) is 3. The van der Waals surface area contributed by atoms with Crippen molar-refractivity contribution in [3.05, 3.63) is 18.0 Å². The predicted molar refractivity (Wildman–Crippen MR) is 79.7 cm³/mol. The second-order valence-electron chi connectivity index (χ2n) is 5.80. The summed E-state index contributed by atoms with van der Waals surface area (Å²) >= 11 is 0. The molecule has 1 aliphatic carbocycles. The van der Waals surface area contributed by atoms with Gasteiger partial charge in [-0.25, -0.2) is 13.1 Å². The van der Waals surface area contributed by atoms with E-state index in [1.807, 2.05) is 4.57 Å². The van der Waals surface area contributed by atoms with Gasteiger partial charge in [-0.15, -0.1) is 0 Å². The summed E-state index contributed by atoms with van der Waals surface area (Å²) in [5, 5.41) is 0. The number of nitrogens with zero attached hydrogens (tertiary/aromatic N) is 1. The molecule has 1 fully saturated rings. The van der Waals surface area contributed by atoms with Crippen LogP contribution >= 0.6 is 0 Å². The zero-order valence-corrected chi connectivity index (χ0v) is 13.1. The van der Waals surface area contributed by atoms with E-state index < -0.39 is 10.0 Å². The molecule has 1 heterocycles. The second-order valence-corrected chi connectivity index (χ2v) is 7.52. The molecule has 5 nitrogen and oxygen atoms in total. The Kier molecular flexibility index (Phi) is 4.88. The number of nitrogens with two attached hydrogens (primary N) is 1. The fraction of sp³-hybridized carbons (Fsp3) is 0.714. The highest BCUT2D eigenvalue weighted by Gasteiger charge is 2.27. The quantitative estimate of drug-likeness (QED) is 0.841. The van der Waals surface area contributed by atoms with Crippen LogP contribution in [0.1, 0.15) is 45.2 Å². The van der Waals surface area contributed by atoms with Crippen molar-refractivity contribution >= 4 is 10.0 Å². The van der Waals surface area contributed by atoms with Crippen molar-refractivity contribution in [3.8, 4) is 0 Å². The van der Waals surface area contributed by atoms with Gasteiger partial charge < -0.3 is 10.3 Å². The third-order valence-corrected chi connectivity index (χ3v) is 5.45. The van der Waals surface area contributed by atoms with Gasteiger partial charge in [0.15, 0.2) is 0 Å². The molecule has 20 heavy (non-hydrogen) atoms. The first kappa shape index (κ1) is 15.5. The molecule has 1 aliphatic rings. The molecule has 1 aromatic rings. The monoisotopic (exact) mass is 299 g/mol. The maximum Gasteiger partial charge on any atom is 0.242 e. The molecule has 0 bridgehead atoms. The molecule has 0 aliphatic heterocycles. The molecule has 0 amide bonds. The second kappa shape index (κ2) is 6.28. The summed E-state index contributed by atoms with van der Waals surface area (Å²) in [6.07, 6.45) is 5.61. The average Bonchev–Trinajstić information content (AvgIpc) is 2.96. The van der Waals surface area contributed by atoms with Crippen molar-refractivity contribution in [2.45, 2.75) is 63.6 Å². The number of aryl methyl sites for hydroxylation is 1. The smallest absolute Gasteiger partial charge is 0.242 e. The summed E-state index contributed by atoms with van der Waals surface area (Å²) in [4.78, 5) is 0.339. The van der Waals surface area contributed by atoms with Crippen LogP contribution in [0.25, 0.3) is 0 Å². The first-order chi connectivity index (χ1) is 9.46. The van der Waals surface area contributed by atoms with Crippen molar-refractivity contribution in [2.75, 3.05) is 0 Å². The predicted octanol–water partition coefficient (Wildman–Crippen LogP) is 1.82. The van der Waals surface area contributed by atoms with Crippen molar-refractivity contribution in [2.24, 2.45) is 11.7 Å². The molecule has 2 atom stereocenters. The van der Waals surface area contributed by atoms with Gasteiger partial charge in [0.1, 0.15) is 0 Å². The lowest BCUT2D eigenvalue weighted by atomic mass is 10.1. The first-order valence-electron chi connectivity index (χ1n) is 7.37. The minimum absolute atomic E-state index is 0.0749. The Morgan fingerprint density at radius 3 is 2.75 bits per heavy atom. The Morgan fingerprint density at radius 2 is 2.20 bits per heavy atom. The highest BCUT2D eigenvalue weighted by atomic mass is 32.2. The summed E-state index contributed by atoms with van der Waals surface area (Å²) in [6.45, 7) is 5.38. The number of sulfonamides is 1. The number of nitrogens with one attached hydrogen (secondary N) is 1. The molecule has 0 spiro atoms. The molecule has 2 rings (SSSR count). The van der Waals surface area contributed by atoms with Crippen LogP contribution in [0.3, 0.4) is 0 Å². The lowest BCUT2D eigenvalue weighted by Crippen LogP contribution is -2.32. The fourth-order valence-corrected chi connectivity index (χ4v) is 4.24. The van der Waals surface area contributed by atoms with Crippen LogP contribution in [-0.2, 0) is 23.1 Å². The van der Waals surface area contributed by atoms with E-state index in [2.05, 4.69) is 18.6 Å². The zero-order valence-electron chi connectivity index (χ0n) is 12.3. The van der Waals surface area contributed by atoms with E-state index in [0.717, 1.165) is 37.9 Å². The van der Waals surface area contributed by atoms with E-state index in [9.17, 15) is 8.42 Å². The first-order valence-corrected chi connectivity index (χ1v) is 8.86. The molecule has 114 valence electrons. The third-order valence-electron chi connectivity index (χ3n) is 3.96. The highest BCUT2D eigenvalue weighted by Crippen LogP contribution is 2.26. The number of hydrogen-bond donors (Lipinski definition) is 2. The summed E-state index contributed by atoms with van der Waals surface area (Å²) < 4.78 is 29.6. The van der Waals surface area contributed by atoms with Gasteiger partial charge in [-0.2, -0.15) is 0 Å². The van der Waals surface area contributed by atoms with E-state index in [1.54, 1.807) is 12.3 Å². The maximum atomic E-state index is 12.4. The molecule has 1 saturated carbocycles. The van der Waals surface area contributed by atoms with Crippen LogP contribution in [0, 0.1) is 5.92 Å². The van der Waals surface area contributed by atoms with Crippen LogP contribution < -0.4 is 10.5 Å². The molecule has 2 unspecified atom stereocenters. The summed E-state index contributed by atoms with van der Waals surface area (Å²) in [6, 6.07) is 1.77. The Labute approximate surface area is 121 Å². The van der Waals surface area contributed by atoms with Gasteiger partial charge in [-0.3, -0.25) is 0 Å². The highest BCUT2D eigenvalue weighted by molar-refractivity contribution is 7.89. The summed E-state index contributed by atoms with van der Waals surface area (Å²) in [7, 11) is -3.42. The van der Waals surface area contributed by atoms with Gasteiger partial charge in [-0.1, -0.05) is 13.8 Å². The van der Waals surface area contributed by atoms with Gasteiger partial charge in [-0.05, 0) is 37.7 Å². The standard InChI is InChI=1S/C14H25N3O2S/c1-3-6-17-10-14(8-13(17)9-15)20(18,19)16-12-5-4-11(2)7-12/h8,10-12,16H,3-7,9,15H2,1-2H3. The van der Waals surface area contributed by atoms with E-state index in [4.69, 9.17) is 5.73 Å². The van der Waals surface area contributed by atoms with Crippen LogP contribution in [0.4, 0.5) is 0 Å². The average molecular weight is 299 g/mol. The lowest BCUT2D eigenvalue weighted by molar-refractivity contribution is 0.538. The van der Waals surface area contributed by atoms with E-state index in [-0.39, 0.29) is 6.04 Å². The van der Waals surface area contributed by atoms with Gasteiger partial charge >= 0.3 is 0 Å². The molecule has 0 radical (unpaired) electrons. The molecule has 0 aromatic carbocycles. The summed E-state index contributed by atoms with van der Waals surface area (Å²) in [5.74, 6) is 0.604. The topological polar surface area (TPSA) is 77.1 Å². The number of aromatic nitrogens is 1. The minimum atomic E-state index is -3.42. The molecule has 6 heteroatoms. The van der Waals surface area contributed by atoms with Crippen LogP contribution in [-0.4, -0.2) is 19.0 Å². The van der Waals surface area contributed by atoms with Crippen LogP contribution in [0.15, 0.2) is 17.2 Å². The van der Waals surface area contributed by atoms with Gasteiger partial charge in [0.05, 0.1) is 4.90 Å². The molecular weight excluding hydrogens is 274 g/mol. The van der Waals surface area contributed by atoms with E-state index in [0.29, 0.717) is 17.4 Å². The molecule has 0 saturated heterocycles.